The van der Waals surface area contributed by atoms with Gasteiger partial charge in [0, 0.05) is 29.8 Å². The van der Waals surface area contributed by atoms with Gasteiger partial charge in [-0.2, -0.15) is 5.10 Å². The van der Waals surface area contributed by atoms with Crippen LogP contribution in [0.25, 0.3) is 6.08 Å². The Bertz CT molecular complexity index is 1350. The van der Waals surface area contributed by atoms with Crippen molar-refractivity contribution in [2.45, 2.75) is 6.54 Å². The lowest BCUT2D eigenvalue weighted by molar-refractivity contribution is -0.385. The summed E-state index contributed by atoms with van der Waals surface area (Å²) in [6, 6.07) is 15.2. The standard InChI is InChI=1S/C22H15N5O6S/c28-21-20(12-15-4-1-6-17(10-15)26(29)30)34-22(25(21)14-19-8-3-9-33-19)24-23-13-16-5-2-7-18(11-16)27(31)32/h1-13H,14H2/b20-12-,23-13-,24-22+. The van der Waals surface area contributed by atoms with Gasteiger partial charge in [0.05, 0.1) is 33.8 Å². The van der Waals surface area contributed by atoms with E-state index in [1.165, 1.54) is 53.8 Å². The van der Waals surface area contributed by atoms with Gasteiger partial charge >= 0.3 is 0 Å². The smallest absolute Gasteiger partial charge is 0.270 e. The molecule has 34 heavy (non-hydrogen) atoms. The van der Waals surface area contributed by atoms with E-state index in [9.17, 15) is 25.0 Å². The number of rotatable bonds is 7. The molecule has 1 saturated heterocycles. The maximum absolute atomic E-state index is 13.1. The quantitative estimate of drug-likeness (QED) is 0.209. The summed E-state index contributed by atoms with van der Waals surface area (Å²) in [5.74, 6) is 0.165. The zero-order valence-electron chi connectivity index (χ0n) is 17.3. The molecule has 1 amide bonds. The third-order valence-electron chi connectivity index (χ3n) is 4.59. The minimum Gasteiger partial charge on any atom is -0.467 e. The number of hydrogen-bond acceptors (Lipinski definition) is 9. The van der Waals surface area contributed by atoms with Crippen LogP contribution in [0.4, 0.5) is 11.4 Å². The molecule has 1 aromatic heterocycles. The average Bonchev–Trinajstić information content (AvgIpc) is 3.44. The van der Waals surface area contributed by atoms with Crippen LogP contribution in [0, 0.1) is 20.2 Å². The van der Waals surface area contributed by atoms with Gasteiger partial charge in [0.15, 0.2) is 5.17 Å². The third kappa shape index (κ3) is 5.24. The molecule has 1 aliphatic heterocycles. The Kier molecular flexibility index (Phi) is 6.59. The molecular formula is C22H15N5O6S. The van der Waals surface area contributed by atoms with Gasteiger partial charge in [0.2, 0.25) is 0 Å². The van der Waals surface area contributed by atoms with Crippen LogP contribution in [-0.2, 0) is 11.3 Å². The molecule has 0 unspecified atom stereocenters. The van der Waals surface area contributed by atoms with E-state index < -0.39 is 9.85 Å². The number of amidine groups is 1. The van der Waals surface area contributed by atoms with Crippen molar-refractivity contribution in [3.05, 3.63) is 109 Å². The van der Waals surface area contributed by atoms with Crippen molar-refractivity contribution in [3.8, 4) is 0 Å². The highest BCUT2D eigenvalue weighted by Gasteiger charge is 2.34. The highest BCUT2D eigenvalue weighted by atomic mass is 32.2. The number of benzene rings is 2. The monoisotopic (exact) mass is 477 g/mol. The first kappa shape index (κ1) is 22.6. The van der Waals surface area contributed by atoms with Gasteiger partial charge in [-0.05, 0) is 35.5 Å². The second-order valence-electron chi connectivity index (χ2n) is 6.91. The highest BCUT2D eigenvalue weighted by Crippen LogP contribution is 2.34. The zero-order chi connectivity index (χ0) is 24.1. The summed E-state index contributed by atoms with van der Waals surface area (Å²) < 4.78 is 5.34. The maximum atomic E-state index is 13.1. The highest BCUT2D eigenvalue weighted by molar-refractivity contribution is 8.18. The van der Waals surface area contributed by atoms with Crippen LogP contribution in [0.1, 0.15) is 16.9 Å². The fraction of sp³-hybridized carbons (Fsp3) is 0.0455. The molecule has 0 N–H and O–H groups in total. The Labute approximate surface area is 196 Å². The van der Waals surface area contributed by atoms with Gasteiger partial charge in [-0.1, -0.05) is 24.3 Å². The second kappa shape index (κ2) is 9.92. The van der Waals surface area contributed by atoms with Gasteiger partial charge in [-0.15, -0.1) is 5.10 Å². The van der Waals surface area contributed by atoms with Crippen LogP contribution in [0.5, 0.6) is 0 Å². The molecule has 2 aromatic carbocycles. The van der Waals surface area contributed by atoms with Crippen molar-refractivity contribution in [3.63, 3.8) is 0 Å². The molecule has 4 rings (SSSR count). The Morgan fingerprint density at radius 3 is 2.29 bits per heavy atom. The molecule has 0 saturated carbocycles. The summed E-state index contributed by atoms with van der Waals surface area (Å²) in [4.78, 5) is 35.7. The number of nitro benzene ring substituents is 2. The van der Waals surface area contributed by atoms with E-state index >= 15 is 0 Å². The SMILES string of the molecule is O=C1/C(=C/c2cccc([N+](=O)[O-])c2)S/C(=N/N=C\c2cccc([N+](=O)[O-])c2)N1Cc1ccco1. The molecule has 11 nitrogen and oxygen atoms in total. The van der Waals surface area contributed by atoms with Gasteiger partial charge in [0.25, 0.3) is 17.3 Å². The number of nitro groups is 2. The number of nitrogens with zero attached hydrogens (tertiary/aromatic N) is 5. The summed E-state index contributed by atoms with van der Waals surface area (Å²) in [7, 11) is 0. The van der Waals surface area contributed by atoms with Crippen LogP contribution >= 0.6 is 11.8 Å². The van der Waals surface area contributed by atoms with Crippen LogP contribution in [0.3, 0.4) is 0 Å². The number of carbonyl (C=O) groups excluding carboxylic acids is 1. The van der Waals surface area contributed by atoms with Gasteiger partial charge in [-0.3, -0.25) is 29.9 Å². The van der Waals surface area contributed by atoms with Crippen LogP contribution in [0.2, 0.25) is 0 Å². The summed E-state index contributed by atoms with van der Waals surface area (Å²) >= 11 is 1.05. The van der Waals surface area contributed by atoms with Crippen molar-refractivity contribution >= 4 is 46.5 Å². The molecular weight excluding hydrogens is 462 g/mol. The summed E-state index contributed by atoms with van der Waals surface area (Å²) in [6.07, 6.45) is 4.38. The van der Waals surface area contributed by atoms with E-state index in [-0.39, 0.29) is 29.0 Å². The molecule has 1 aliphatic rings. The molecule has 12 heteroatoms. The Morgan fingerprint density at radius 2 is 1.65 bits per heavy atom. The number of furan rings is 1. The van der Waals surface area contributed by atoms with E-state index in [0.717, 1.165) is 11.8 Å². The Balaban J connectivity index is 1.63. The van der Waals surface area contributed by atoms with Gasteiger partial charge in [-0.25, -0.2) is 0 Å². The lowest BCUT2D eigenvalue weighted by Crippen LogP contribution is -2.28. The van der Waals surface area contributed by atoms with Crippen molar-refractivity contribution in [1.82, 2.24) is 4.90 Å². The molecule has 3 aromatic rings. The van der Waals surface area contributed by atoms with Crippen LogP contribution < -0.4 is 0 Å². The lowest BCUT2D eigenvalue weighted by atomic mass is 10.2. The van der Waals surface area contributed by atoms with E-state index in [1.807, 2.05) is 0 Å². The first-order chi connectivity index (χ1) is 16.4. The molecule has 0 radical (unpaired) electrons. The van der Waals surface area contributed by atoms with E-state index in [1.54, 1.807) is 30.3 Å². The fourth-order valence-corrected chi connectivity index (χ4v) is 3.96. The third-order valence-corrected chi connectivity index (χ3v) is 5.59. The van der Waals surface area contributed by atoms with Crippen molar-refractivity contribution in [2.75, 3.05) is 0 Å². The maximum Gasteiger partial charge on any atom is 0.270 e. The molecule has 170 valence electrons. The van der Waals surface area contributed by atoms with Crippen LogP contribution in [0.15, 0.2) is 86.5 Å². The predicted molar refractivity (Wildman–Crippen MR) is 126 cm³/mol. The van der Waals surface area contributed by atoms with E-state index in [0.29, 0.717) is 21.8 Å². The number of thioether (sulfide) groups is 1. The summed E-state index contributed by atoms with van der Waals surface area (Å²) in [5, 5.41) is 30.4. The zero-order valence-corrected chi connectivity index (χ0v) is 18.1. The first-order valence-electron chi connectivity index (χ1n) is 9.74. The van der Waals surface area contributed by atoms with E-state index in [4.69, 9.17) is 4.42 Å². The topological polar surface area (TPSA) is 144 Å². The molecule has 0 spiro atoms. The Morgan fingerprint density at radius 1 is 0.971 bits per heavy atom. The number of carbonyl (C=O) groups is 1. The largest absolute Gasteiger partial charge is 0.467 e. The molecule has 0 aliphatic carbocycles. The predicted octanol–water partition coefficient (Wildman–Crippen LogP) is 4.60. The average molecular weight is 477 g/mol. The lowest BCUT2D eigenvalue weighted by Gasteiger charge is -2.12. The van der Waals surface area contributed by atoms with E-state index in [2.05, 4.69) is 10.2 Å². The molecule has 0 bridgehead atoms. The first-order valence-corrected chi connectivity index (χ1v) is 10.6. The Hall–Kier alpha value is -4.58. The van der Waals surface area contributed by atoms with Crippen molar-refractivity contribution in [2.24, 2.45) is 10.2 Å². The molecule has 0 atom stereocenters. The number of non-ortho nitro benzene ring substituents is 2. The minimum absolute atomic E-state index is 0.0800. The minimum atomic E-state index is -0.510. The molecule has 1 fully saturated rings. The normalized spacial score (nSPS) is 16.1. The van der Waals surface area contributed by atoms with Gasteiger partial charge < -0.3 is 4.42 Å². The number of hydrogen-bond donors (Lipinski definition) is 0. The number of amides is 1. The summed E-state index contributed by atoms with van der Waals surface area (Å²) in [6.45, 7) is 0.107. The second-order valence-corrected chi connectivity index (χ2v) is 7.92. The molecule has 2 heterocycles. The van der Waals surface area contributed by atoms with Crippen molar-refractivity contribution in [1.29, 1.82) is 0 Å². The van der Waals surface area contributed by atoms with Gasteiger partial charge in [0.1, 0.15) is 5.76 Å². The van der Waals surface area contributed by atoms with Crippen molar-refractivity contribution < 1.29 is 19.1 Å². The van der Waals surface area contributed by atoms with Crippen LogP contribution in [-0.4, -0.2) is 32.0 Å². The summed E-state index contributed by atoms with van der Waals surface area (Å²) in [5.41, 5.74) is 0.790. The fourth-order valence-electron chi connectivity index (χ4n) is 3.02.